The molecule has 0 radical (unpaired) electrons. The van der Waals surface area contributed by atoms with Gasteiger partial charge in [-0.2, -0.15) is 0 Å². The van der Waals surface area contributed by atoms with E-state index in [4.69, 9.17) is 18.9 Å². The Labute approximate surface area is 99.2 Å². The molecule has 92 valence electrons. The average Bonchev–Trinajstić information content (AvgIpc) is 3.19. The van der Waals surface area contributed by atoms with Crippen LogP contribution in [0.15, 0.2) is 18.2 Å². The molecule has 1 heterocycles. The van der Waals surface area contributed by atoms with E-state index in [2.05, 4.69) is 0 Å². The Kier molecular flexibility index (Phi) is 3.49. The molecule has 0 saturated carbocycles. The first-order valence-corrected chi connectivity index (χ1v) is 5.25. The molecule has 1 aliphatic heterocycles. The van der Waals surface area contributed by atoms with Gasteiger partial charge in [0.25, 0.3) is 0 Å². The van der Waals surface area contributed by atoms with Crippen LogP contribution in [0.3, 0.4) is 0 Å². The van der Waals surface area contributed by atoms with E-state index in [0.29, 0.717) is 30.3 Å². The molecule has 0 spiro atoms. The Bertz CT molecular complexity index is 411. The van der Waals surface area contributed by atoms with Crippen LogP contribution in [-0.4, -0.2) is 39.5 Å². The maximum atomic E-state index is 11.7. The smallest absolute Gasteiger partial charge is 0.338 e. The summed E-state index contributed by atoms with van der Waals surface area (Å²) >= 11 is 0. The zero-order valence-electron chi connectivity index (χ0n) is 9.76. The van der Waals surface area contributed by atoms with Crippen LogP contribution < -0.4 is 9.47 Å². The topological polar surface area (TPSA) is 57.3 Å². The molecule has 0 aromatic heterocycles. The zero-order valence-corrected chi connectivity index (χ0v) is 9.76. The van der Waals surface area contributed by atoms with Crippen molar-refractivity contribution in [2.45, 2.75) is 6.10 Å². The minimum atomic E-state index is -0.388. The highest BCUT2D eigenvalue weighted by Crippen LogP contribution is 2.27. The summed E-state index contributed by atoms with van der Waals surface area (Å²) in [6, 6.07) is 4.90. The summed E-state index contributed by atoms with van der Waals surface area (Å²) in [7, 11) is 3.06. The van der Waals surface area contributed by atoms with E-state index in [-0.39, 0.29) is 12.1 Å². The molecule has 1 fully saturated rings. The van der Waals surface area contributed by atoms with Gasteiger partial charge in [-0.3, -0.25) is 0 Å². The van der Waals surface area contributed by atoms with Gasteiger partial charge < -0.3 is 18.9 Å². The Balaban J connectivity index is 2.05. The quantitative estimate of drug-likeness (QED) is 0.571. The van der Waals surface area contributed by atoms with Crippen LogP contribution in [0.25, 0.3) is 0 Å². The van der Waals surface area contributed by atoms with Gasteiger partial charge in [-0.05, 0) is 18.2 Å². The number of carbonyl (C=O) groups excluding carboxylic acids is 1. The van der Waals surface area contributed by atoms with Gasteiger partial charge in [0.2, 0.25) is 0 Å². The number of epoxide rings is 1. The first-order valence-electron chi connectivity index (χ1n) is 5.25. The molecule has 1 saturated heterocycles. The molecule has 1 unspecified atom stereocenters. The average molecular weight is 238 g/mol. The Morgan fingerprint density at radius 2 is 2.06 bits per heavy atom. The fraction of sp³-hybridized carbons (Fsp3) is 0.417. The standard InChI is InChI=1S/C12H14O5/c1-14-10-4-3-8(5-11(10)15-2)12(13)17-7-9-6-16-9/h3-5,9H,6-7H2,1-2H3. The van der Waals surface area contributed by atoms with Gasteiger partial charge in [0.05, 0.1) is 26.4 Å². The van der Waals surface area contributed by atoms with Gasteiger partial charge in [0.1, 0.15) is 12.7 Å². The summed E-state index contributed by atoms with van der Waals surface area (Å²) in [5.74, 6) is 0.695. The molecule has 1 aromatic rings. The van der Waals surface area contributed by atoms with Crippen LogP contribution >= 0.6 is 0 Å². The minimum absolute atomic E-state index is 0.0686. The molecule has 2 rings (SSSR count). The number of hydrogen-bond acceptors (Lipinski definition) is 5. The van der Waals surface area contributed by atoms with Crippen LogP contribution in [0.5, 0.6) is 11.5 Å². The maximum absolute atomic E-state index is 11.7. The Morgan fingerprint density at radius 3 is 2.65 bits per heavy atom. The summed E-state index contributed by atoms with van der Waals surface area (Å²) in [6.07, 6.45) is 0.0686. The van der Waals surface area contributed by atoms with Crippen LogP contribution in [-0.2, 0) is 9.47 Å². The van der Waals surface area contributed by atoms with Gasteiger partial charge in [-0.15, -0.1) is 0 Å². The highest BCUT2D eigenvalue weighted by molar-refractivity contribution is 5.90. The van der Waals surface area contributed by atoms with Gasteiger partial charge in [-0.25, -0.2) is 4.79 Å². The zero-order chi connectivity index (χ0) is 12.3. The van der Waals surface area contributed by atoms with Gasteiger partial charge in [-0.1, -0.05) is 0 Å². The fourth-order valence-electron chi connectivity index (χ4n) is 1.38. The second-order valence-corrected chi connectivity index (χ2v) is 3.62. The number of rotatable bonds is 5. The molecule has 1 atom stereocenters. The van der Waals surface area contributed by atoms with E-state index in [1.807, 2.05) is 0 Å². The predicted molar refractivity (Wildman–Crippen MR) is 59.6 cm³/mol. The van der Waals surface area contributed by atoms with Crippen molar-refractivity contribution in [3.05, 3.63) is 23.8 Å². The van der Waals surface area contributed by atoms with Gasteiger partial charge in [0.15, 0.2) is 11.5 Å². The highest BCUT2D eigenvalue weighted by Gasteiger charge is 2.24. The van der Waals surface area contributed by atoms with Crippen molar-refractivity contribution in [2.24, 2.45) is 0 Å². The van der Waals surface area contributed by atoms with E-state index in [9.17, 15) is 4.79 Å². The predicted octanol–water partition coefficient (Wildman–Crippen LogP) is 1.26. The molecule has 5 nitrogen and oxygen atoms in total. The molecular weight excluding hydrogens is 224 g/mol. The lowest BCUT2D eigenvalue weighted by Crippen LogP contribution is -2.10. The number of carbonyl (C=O) groups is 1. The van der Waals surface area contributed by atoms with Crippen LogP contribution in [0.1, 0.15) is 10.4 Å². The van der Waals surface area contributed by atoms with Crippen molar-refractivity contribution < 1.29 is 23.7 Å². The number of ether oxygens (including phenoxy) is 4. The summed E-state index contributed by atoms with van der Waals surface area (Å²) in [6.45, 7) is 0.965. The molecule has 1 aromatic carbocycles. The summed E-state index contributed by atoms with van der Waals surface area (Å²) in [4.78, 5) is 11.7. The molecule has 0 N–H and O–H groups in total. The third-order valence-corrected chi connectivity index (χ3v) is 2.42. The molecular formula is C12H14O5. The van der Waals surface area contributed by atoms with E-state index in [1.54, 1.807) is 25.3 Å². The SMILES string of the molecule is COc1ccc(C(=O)OCC2CO2)cc1OC. The van der Waals surface area contributed by atoms with Crippen LogP contribution in [0, 0.1) is 0 Å². The van der Waals surface area contributed by atoms with Crippen LogP contribution in [0.4, 0.5) is 0 Å². The Hall–Kier alpha value is -1.75. The lowest BCUT2D eigenvalue weighted by Gasteiger charge is -2.09. The van der Waals surface area contributed by atoms with E-state index >= 15 is 0 Å². The van der Waals surface area contributed by atoms with Crippen LogP contribution in [0.2, 0.25) is 0 Å². The lowest BCUT2D eigenvalue weighted by molar-refractivity contribution is 0.0476. The lowest BCUT2D eigenvalue weighted by atomic mass is 10.2. The maximum Gasteiger partial charge on any atom is 0.338 e. The van der Waals surface area contributed by atoms with Crippen molar-refractivity contribution in [2.75, 3.05) is 27.4 Å². The molecule has 0 aliphatic carbocycles. The van der Waals surface area contributed by atoms with Crippen molar-refractivity contribution in [1.82, 2.24) is 0 Å². The first-order chi connectivity index (χ1) is 8.24. The third-order valence-electron chi connectivity index (χ3n) is 2.42. The van der Waals surface area contributed by atoms with E-state index in [0.717, 1.165) is 0 Å². The van der Waals surface area contributed by atoms with Crippen molar-refractivity contribution in [3.63, 3.8) is 0 Å². The van der Waals surface area contributed by atoms with E-state index < -0.39 is 0 Å². The van der Waals surface area contributed by atoms with Crippen molar-refractivity contribution in [3.8, 4) is 11.5 Å². The second kappa shape index (κ2) is 5.05. The number of methoxy groups -OCH3 is 2. The molecule has 0 bridgehead atoms. The second-order valence-electron chi connectivity index (χ2n) is 3.62. The minimum Gasteiger partial charge on any atom is -0.493 e. The largest absolute Gasteiger partial charge is 0.493 e. The van der Waals surface area contributed by atoms with Gasteiger partial charge >= 0.3 is 5.97 Å². The summed E-state index contributed by atoms with van der Waals surface area (Å²) in [5.41, 5.74) is 0.434. The van der Waals surface area contributed by atoms with Crippen molar-refractivity contribution in [1.29, 1.82) is 0 Å². The monoisotopic (exact) mass is 238 g/mol. The fourth-order valence-corrected chi connectivity index (χ4v) is 1.38. The summed E-state index contributed by atoms with van der Waals surface area (Å²) in [5, 5.41) is 0. The number of benzene rings is 1. The van der Waals surface area contributed by atoms with Gasteiger partial charge in [0, 0.05) is 0 Å². The third kappa shape index (κ3) is 2.88. The Morgan fingerprint density at radius 1 is 1.35 bits per heavy atom. The number of esters is 1. The molecule has 0 amide bonds. The highest BCUT2D eigenvalue weighted by atomic mass is 16.6. The number of hydrogen-bond donors (Lipinski definition) is 0. The first kappa shape index (κ1) is 11.7. The van der Waals surface area contributed by atoms with E-state index in [1.165, 1.54) is 7.11 Å². The molecule has 5 heteroatoms. The normalized spacial score (nSPS) is 17.4. The molecule has 17 heavy (non-hydrogen) atoms. The molecule has 1 aliphatic rings. The summed E-state index contributed by atoms with van der Waals surface area (Å²) < 4.78 is 20.2. The van der Waals surface area contributed by atoms with Crippen molar-refractivity contribution >= 4 is 5.97 Å².